The van der Waals surface area contributed by atoms with Crippen molar-refractivity contribution in [2.45, 2.75) is 71.8 Å². The van der Waals surface area contributed by atoms with E-state index in [1.807, 2.05) is 6.92 Å². The SMILES string of the molecule is CCC1CCCCC1Oc1nc(C(C)C)nc(N)c1C. The minimum atomic E-state index is 0.258. The van der Waals surface area contributed by atoms with Gasteiger partial charge in [-0.1, -0.05) is 27.2 Å². The fourth-order valence-electron chi connectivity index (χ4n) is 2.84. The van der Waals surface area contributed by atoms with Gasteiger partial charge in [-0.05, 0) is 38.5 Å². The molecule has 1 aromatic rings. The first-order valence-electron chi connectivity index (χ1n) is 7.83. The number of anilines is 1. The second-order valence-corrected chi connectivity index (χ2v) is 6.16. The Labute approximate surface area is 122 Å². The lowest BCUT2D eigenvalue weighted by atomic mass is 9.85. The number of aromatic nitrogens is 2. The van der Waals surface area contributed by atoms with Crippen LogP contribution in [-0.4, -0.2) is 16.1 Å². The van der Waals surface area contributed by atoms with E-state index in [0.717, 1.165) is 17.8 Å². The topological polar surface area (TPSA) is 61.0 Å². The molecule has 2 rings (SSSR count). The van der Waals surface area contributed by atoms with Crippen molar-refractivity contribution in [3.05, 3.63) is 11.4 Å². The molecule has 0 aliphatic heterocycles. The minimum absolute atomic E-state index is 0.258. The Hall–Kier alpha value is -1.32. The third-order valence-electron chi connectivity index (χ3n) is 4.30. The molecule has 0 radical (unpaired) electrons. The zero-order chi connectivity index (χ0) is 14.7. The van der Waals surface area contributed by atoms with Gasteiger partial charge in [0.2, 0.25) is 5.88 Å². The molecule has 2 N–H and O–H groups in total. The van der Waals surface area contributed by atoms with Crippen LogP contribution in [0.3, 0.4) is 0 Å². The van der Waals surface area contributed by atoms with E-state index in [1.165, 1.54) is 25.7 Å². The maximum absolute atomic E-state index is 6.23. The average Bonchev–Trinajstić information content (AvgIpc) is 2.44. The first kappa shape index (κ1) is 15.1. The number of ether oxygens (including phenoxy) is 1. The van der Waals surface area contributed by atoms with E-state index in [0.29, 0.717) is 17.6 Å². The summed E-state index contributed by atoms with van der Waals surface area (Å²) in [6, 6.07) is 0. The van der Waals surface area contributed by atoms with Crippen LogP contribution in [0.5, 0.6) is 5.88 Å². The lowest BCUT2D eigenvalue weighted by Gasteiger charge is -2.31. The van der Waals surface area contributed by atoms with Crippen LogP contribution in [0, 0.1) is 12.8 Å². The number of hydrogen-bond acceptors (Lipinski definition) is 4. The summed E-state index contributed by atoms with van der Waals surface area (Å²) in [6.07, 6.45) is 6.40. The molecule has 1 heterocycles. The van der Waals surface area contributed by atoms with Crippen LogP contribution in [0.4, 0.5) is 5.82 Å². The Morgan fingerprint density at radius 2 is 1.95 bits per heavy atom. The molecule has 0 bridgehead atoms. The maximum Gasteiger partial charge on any atom is 0.222 e. The summed E-state index contributed by atoms with van der Waals surface area (Å²) in [5.74, 6) is 2.90. The molecule has 0 amide bonds. The summed E-state index contributed by atoms with van der Waals surface area (Å²) in [5.41, 5.74) is 6.87. The molecule has 4 nitrogen and oxygen atoms in total. The van der Waals surface area contributed by atoms with Crippen molar-refractivity contribution in [1.82, 2.24) is 9.97 Å². The zero-order valence-corrected chi connectivity index (χ0v) is 13.1. The van der Waals surface area contributed by atoms with Gasteiger partial charge in [-0.2, -0.15) is 4.98 Å². The van der Waals surface area contributed by atoms with Crippen LogP contribution in [-0.2, 0) is 0 Å². The van der Waals surface area contributed by atoms with Crippen molar-refractivity contribution in [1.29, 1.82) is 0 Å². The largest absolute Gasteiger partial charge is 0.474 e. The molecule has 1 aliphatic rings. The van der Waals surface area contributed by atoms with Crippen LogP contribution >= 0.6 is 0 Å². The molecule has 112 valence electrons. The van der Waals surface area contributed by atoms with Gasteiger partial charge < -0.3 is 10.5 Å². The summed E-state index contributed by atoms with van der Waals surface area (Å²) in [6.45, 7) is 8.33. The molecular formula is C16H27N3O. The first-order valence-corrected chi connectivity index (χ1v) is 7.83. The highest BCUT2D eigenvalue weighted by Gasteiger charge is 2.26. The summed E-state index contributed by atoms with van der Waals surface area (Å²) >= 11 is 0. The number of nitrogen functional groups attached to an aromatic ring is 1. The molecular weight excluding hydrogens is 250 g/mol. The van der Waals surface area contributed by atoms with Crippen LogP contribution in [0.2, 0.25) is 0 Å². The highest BCUT2D eigenvalue weighted by atomic mass is 16.5. The van der Waals surface area contributed by atoms with Gasteiger partial charge in [0.25, 0.3) is 0 Å². The van der Waals surface area contributed by atoms with Gasteiger partial charge in [0, 0.05) is 5.92 Å². The number of hydrogen-bond donors (Lipinski definition) is 1. The molecule has 1 fully saturated rings. The molecule has 0 saturated heterocycles. The van der Waals surface area contributed by atoms with E-state index < -0.39 is 0 Å². The Morgan fingerprint density at radius 3 is 2.60 bits per heavy atom. The van der Waals surface area contributed by atoms with Gasteiger partial charge in [-0.3, -0.25) is 0 Å². The Kier molecular flexibility index (Phi) is 4.84. The van der Waals surface area contributed by atoms with E-state index in [-0.39, 0.29) is 12.0 Å². The lowest BCUT2D eigenvalue weighted by molar-refractivity contribution is 0.0847. The smallest absolute Gasteiger partial charge is 0.222 e. The average molecular weight is 277 g/mol. The molecule has 2 atom stereocenters. The monoisotopic (exact) mass is 277 g/mol. The van der Waals surface area contributed by atoms with E-state index in [1.54, 1.807) is 0 Å². The van der Waals surface area contributed by atoms with Crippen LogP contribution < -0.4 is 10.5 Å². The first-order chi connectivity index (χ1) is 9.52. The van der Waals surface area contributed by atoms with Crippen molar-refractivity contribution >= 4 is 5.82 Å². The molecule has 0 spiro atoms. The molecule has 1 aliphatic carbocycles. The maximum atomic E-state index is 6.23. The normalized spacial score (nSPS) is 23.1. The standard InChI is InChI=1S/C16H27N3O/c1-5-12-8-6-7-9-13(12)20-16-11(4)14(17)18-15(19-16)10(2)3/h10,12-13H,5-9H2,1-4H3,(H2,17,18,19). The van der Waals surface area contributed by atoms with Gasteiger partial charge in [0.1, 0.15) is 17.7 Å². The van der Waals surface area contributed by atoms with Gasteiger partial charge in [0.15, 0.2) is 0 Å². The predicted octanol–water partition coefficient (Wildman–Crippen LogP) is 3.84. The summed E-state index contributed by atoms with van der Waals surface area (Å²) in [7, 11) is 0. The summed E-state index contributed by atoms with van der Waals surface area (Å²) in [4.78, 5) is 8.93. The van der Waals surface area contributed by atoms with Crippen molar-refractivity contribution in [2.24, 2.45) is 5.92 Å². The van der Waals surface area contributed by atoms with Gasteiger partial charge in [-0.15, -0.1) is 0 Å². The Bertz CT molecular complexity index is 459. The predicted molar refractivity (Wildman–Crippen MR) is 81.9 cm³/mol. The highest BCUT2D eigenvalue weighted by Crippen LogP contribution is 2.32. The second kappa shape index (κ2) is 6.42. The quantitative estimate of drug-likeness (QED) is 0.908. The number of nitrogens with zero attached hydrogens (tertiary/aromatic N) is 2. The molecule has 2 unspecified atom stereocenters. The van der Waals surface area contributed by atoms with Crippen molar-refractivity contribution in [3.8, 4) is 5.88 Å². The van der Waals surface area contributed by atoms with E-state index in [9.17, 15) is 0 Å². The third kappa shape index (κ3) is 3.22. The van der Waals surface area contributed by atoms with E-state index in [4.69, 9.17) is 10.5 Å². The highest BCUT2D eigenvalue weighted by molar-refractivity contribution is 5.44. The third-order valence-corrected chi connectivity index (χ3v) is 4.30. The summed E-state index contributed by atoms with van der Waals surface area (Å²) in [5, 5.41) is 0. The Morgan fingerprint density at radius 1 is 1.25 bits per heavy atom. The van der Waals surface area contributed by atoms with E-state index >= 15 is 0 Å². The number of rotatable bonds is 4. The lowest BCUT2D eigenvalue weighted by Crippen LogP contribution is -2.30. The van der Waals surface area contributed by atoms with Crippen molar-refractivity contribution in [2.75, 3.05) is 5.73 Å². The van der Waals surface area contributed by atoms with Gasteiger partial charge in [-0.25, -0.2) is 4.98 Å². The van der Waals surface area contributed by atoms with Gasteiger partial charge in [0.05, 0.1) is 5.56 Å². The van der Waals surface area contributed by atoms with Crippen LogP contribution in [0.15, 0.2) is 0 Å². The van der Waals surface area contributed by atoms with Gasteiger partial charge >= 0.3 is 0 Å². The fourth-order valence-corrected chi connectivity index (χ4v) is 2.84. The van der Waals surface area contributed by atoms with Crippen molar-refractivity contribution in [3.63, 3.8) is 0 Å². The van der Waals surface area contributed by atoms with Crippen molar-refractivity contribution < 1.29 is 4.74 Å². The zero-order valence-electron chi connectivity index (χ0n) is 13.1. The Balaban J connectivity index is 2.23. The molecule has 0 aromatic carbocycles. The fraction of sp³-hybridized carbons (Fsp3) is 0.750. The molecule has 1 saturated carbocycles. The number of nitrogens with two attached hydrogens (primary N) is 1. The minimum Gasteiger partial charge on any atom is -0.474 e. The second-order valence-electron chi connectivity index (χ2n) is 6.16. The molecule has 20 heavy (non-hydrogen) atoms. The summed E-state index contributed by atoms with van der Waals surface area (Å²) < 4.78 is 6.23. The molecule has 1 aromatic heterocycles. The van der Waals surface area contributed by atoms with Crippen LogP contribution in [0.1, 0.15) is 70.2 Å². The van der Waals surface area contributed by atoms with E-state index in [2.05, 4.69) is 30.7 Å². The van der Waals surface area contributed by atoms with Crippen LogP contribution in [0.25, 0.3) is 0 Å². The molecule has 4 heteroatoms.